The van der Waals surface area contributed by atoms with Gasteiger partial charge in [-0.15, -0.1) is 0 Å². The van der Waals surface area contributed by atoms with Crippen LogP contribution in [-0.4, -0.2) is 21.9 Å². The number of imidazole rings is 1. The molecule has 0 atom stereocenters. The van der Waals surface area contributed by atoms with Gasteiger partial charge < -0.3 is 10.3 Å². The number of rotatable bonds is 6. The SMILES string of the molecule is CCCn1ccnc1CC(=O)C1CCC(CN)CC1. The summed E-state index contributed by atoms with van der Waals surface area (Å²) in [6.07, 6.45) is 9.56. The topological polar surface area (TPSA) is 60.9 Å². The van der Waals surface area contributed by atoms with Crippen molar-refractivity contribution in [3.63, 3.8) is 0 Å². The molecule has 2 N–H and O–H groups in total. The maximum Gasteiger partial charge on any atom is 0.143 e. The van der Waals surface area contributed by atoms with Crippen molar-refractivity contribution in [2.45, 2.75) is 52.0 Å². The zero-order valence-corrected chi connectivity index (χ0v) is 11.8. The van der Waals surface area contributed by atoms with Gasteiger partial charge in [-0.05, 0) is 44.6 Å². The Morgan fingerprint density at radius 1 is 1.42 bits per heavy atom. The van der Waals surface area contributed by atoms with Crippen molar-refractivity contribution in [2.75, 3.05) is 6.54 Å². The fraction of sp³-hybridized carbons (Fsp3) is 0.733. The molecule has 0 unspecified atom stereocenters. The molecule has 1 saturated carbocycles. The van der Waals surface area contributed by atoms with E-state index in [1.807, 2.05) is 6.20 Å². The Hall–Kier alpha value is -1.16. The molecule has 0 amide bonds. The number of aromatic nitrogens is 2. The highest BCUT2D eigenvalue weighted by atomic mass is 16.1. The van der Waals surface area contributed by atoms with Crippen LogP contribution in [0.4, 0.5) is 0 Å². The van der Waals surface area contributed by atoms with Crippen molar-refractivity contribution in [3.05, 3.63) is 18.2 Å². The second kappa shape index (κ2) is 6.85. The van der Waals surface area contributed by atoms with Gasteiger partial charge in [0.15, 0.2) is 0 Å². The zero-order chi connectivity index (χ0) is 13.7. The first-order chi connectivity index (χ1) is 9.24. The van der Waals surface area contributed by atoms with Crippen molar-refractivity contribution in [2.24, 2.45) is 17.6 Å². The predicted molar refractivity (Wildman–Crippen MR) is 75.7 cm³/mol. The number of nitrogens with zero attached hydrogens (tertiary/aromatic N) is 2. The molecule has 0 aliphatic heterocycles. The summed E-state index contributed by atoms with van der Waals surface area (Å²) < 4.78 is 2.10. The van der Waals surface area contributed by atoms with Crippen molar-refractivity contribution >= 4 is 5.78 Å². The zero-order valence-electron chi connectivity index (χ0n) is 11.8. The summed E-state index contributed by atoms with van der Waals surface area (Å²) in [7, 11) is 0. The maximum absolute atomic E-state index is 12.3. The normalized spacial score (nSPS) is 23.5. The van der Waals surface area contributed by atoms with Crippen LogP contribution in [0, 0.1) is 11.8 Å². The van der Waals surface area contributed by atoms with E-state index in [4.69, 9.17) is 5.73 Å². The Kier molecular flexibility index (Phi) is 5.14. The molecule has 1 aromatic heterocycles. The van der Waals surface area contributed by atoms with Gasteiger partial charge in [-0.2, -0.15) is 0 Å². The third kappa shape index (κ3) is 3.66. The second-order valence-electron chi connectivity index (χ2n) is 5.63. The van der Waals surface area contributed by atoms with E-state index in [0.717, 1.165) is 51.0 Å². The molecule has 2 rings (SSSR count). The van der Waals surface area contributed by atoms with Crippen LogP contribution in [0.2, 0.25) is 0 Å². The summed E-state index contributed by atoms with van der Waals surface area (Å²) in [5.74, 6) is 2.15. The number of ketones is 1. The molecule has 0 aromatic carbocycles. The Morgan fingerprint density at radius 2 is 2.16 bits per heavy atom. The van der Waals surface area contributed by atoms with E-state index < -0.39 is 0 Å². The van der Waals surface area contributed by atoms with Gasteiger partial charge in [-0.1, -0.05) is 6.92 Å². The molecular weight excluding hydrogens is 238 g/mol. The fourth-order valence-corrected chi connectivity index (χ4v) is 2.97. The minimum atomic E-state index is 0.231. The van der Waals surface area contributed by atoms with Crippen LogP contribution >= 0.6 is 0 Å². The van der Waals surface area contributed by atoms with E-state index in [1.165, 1.54) is 0 Å². The van der Waals surface area contributed by atoms with Crippen LogP contribution in [0.15, 0.2) is 12.4 Å². The molecule has 0 spiro atoms. The average Bonchev–Trinajstić information content (AvgIpc) is 2.86. The largest absolute Gasteiger partial charge is 0.335 e. The highest BCUT2D eigenvalue weighted by molar-refractivity contribution is 5.82. The van der Waals surface area contributed by atoms with E-state index >= 15 is 0 Å². The quantitative estimate of drug-likeness (QED) is 0.855. The third-order valence-electron chi connectivity index (χ3n) is 4.23. The van der Waals surface area contributed by atoms with Gasteiger partial charge in [-0.25, -0.2) is 4.98 Å². The lowest BCUT2D eigenvalue weighted by molar-refractivity contribution is -0.123. The molecular formula is C15H25N3O. The summed E-state index contributed by atoms with van der Waals surface area (Å²) in [5.41, 5.74) is 5.69. The van der Waals surface area contributed by atoms with Gasteiger partial charge in [0.25, 0.3) is 0 Å². The third-order valence-corrected chi connectivity index (χ3v) is 4.23. The van der Waals surface area contributed by atoms with E-state index in [-0.39, 0.29) is 5.92 Å². The Balaban J connectivity index is 1.89. The molecule has 1 fully saturated rings. The first kappa shape index (κ1) is 14.3. The van der Waals surface area contributed by atoms with Gasteiger partial charge in [0, 0.05) is 24.9 Å². The summed E-state index contributed by atoms with van der Waals surface area (Å²) in [4.78, 5) is 16.7. The van der Waals surface area contributed by atoms with Crippen LogP contribution < -0.4 is 5.73 Å². The maximum atomic E-state index is 12.3. The van der Waals surface area contributed by atoms with Crippen LogP contribution in [0.25, 0.3) is 0 Å². The van der Waals surface area contributed by atoms with Crippen molar-refractivity contribution in [1.82, 2.24) is 9.55 Å². The summed E-state index contributed by atoms with van der Waals surface area (Å²) in [5, 5.41) is 0. The van der Waals surface area contributed by atoms with Crippen LogP contribution in [0.5, 0.6) is 0 Å². The number of carbonyl (C=O) groups excluding carboxylic acids is 1. The lowest BCUT2D eigenvalue weighted by Crippen LogP contribution is -2.27. The average molecular weight is 263 g/mol. The van der Waals surface area contributed by atoms with E-state index in [9.17, 15) is 4.79 Å². The first-order valence-corrected chi connectivity index (χ1v) is 7.47. The molecule has 19 heavy (non-hydrogen) atoms. The minimum absolute atomic E-state index is 0.231. The standard InChI is InChI=1S/C15H25N3O/c1-2-8-18-9-7-17-15(18)10-14(19)13-5-3-12(11-16)4-6-13/h7,9,12-13H,2-6,8,10-11,16H2,1H3. The molecule has 4 heteroatoms. The summed E-state index contributed by atoms with van der Waals surface area (Å²) >= 11 is 0. The Bertz CT molecular complexity index is 405. The molecule has 0 bridgehead atoms. The smallest absolute Gasteiger partial charge is 0.143 e. The summed E-state index contributed by atoms with van der Waals surface area (Å²) in [6, 6.07) is 0. The monoisotopic (exact) mass is 263 g/mol. The second-order valence-corrected chi connectivity index (χ2v) is 5.63. The molecule has 106 valence electrons. The first-order valence-electron chi connectivity index (χ1n) is 7.47. The number of Topliss-reactive ketones (excluding diaryl/α,β-unsaturated/α-hetero) is 1. The van der Waals surface area contributed by atoms with Crippen LogP contribution in [0.3, 0.4) is 0 Å². The highest BCUT2D eigenvalue weighted by Crippen LogP contribution is 2.29. The number of hydrogen-bond acceptors (Lipinski definition) is 3. The lowest BCUT2D eigenvalue weighted by atomic mass is 9.79. The molecule has 0 saturated heterocycles. The van der Waals surface area contributed by atoms with Crippen molar-refractivity contribution < 1.29 is 4.79 Å². The molecule has 1 aliphatic rings. The van der Waals surface area contributed by atoms with Gasteiger partial charge in [-0.3, -0.25) is 4.79 Å². The number of carbonyl (C=O) groups is 1. The predicted octanol–water partition coefficient (Wildman–Crippen LogP) is 2.17. The van der Waals surface area contributed by atoms with E-state index in [2.05, 4.69) is 16.5 Å². The van der Waals surface area contributed by atoms with E-state index in [1.54, 1.807) is 6.20 Å². The van der Waals surface area contributed by atoms with Crippen molar-refractivity contribution in [1.29, 1.82) is 0 Å². The molecule has 1 aromatic rings. The fourth-order valence-electron chi connectivity index (χ4n) is 2.97. The molecule has 1 aliphatic carbocycles. The minimum Gasteiger partial charge on any atom is -0.335 e. The van der Waals surface area contributed by atoms with E-state index in [0.29, 0.717) is 18.1 Å². The van der Waals surface area contributed by atoms with Crippen LogP contribution in [0.1, 0.15) is 44.9 Å². The van der Waals surface area contributed by atoms with Crippen LogP contribution in [-0.2, 0) is 17.8 Å². The number of nitrogens with two attached hydrogens (primary N) is 1. The summed E-state index contributed by atoms with van der Waals surface area (Å²) in [6.45, 7) is 3.85. The number of aryl methyl sites for hydroxylation is 1. The Morgan fingerprint density at radius 3 is 2.79 bits per heavy atom. The molecule has 1 heterocycles. The highest BCUT2D eigenvalue weighted by Gasteiger charge is 2.26. The van der Waals surface area contributed by atoms with Gasteiger partial charge >= 0.3 is 0 Å². The molecule has 4 nitrogen and oxygen atoms in total. The van der Waals surface area contributed by atoms with Gasteiger partial charge in [0.05, 0.1) is 6.42 Å². The Labute approximate surface area is 115 Å². The van der Waals surface area contributed by atoms with Gasteiger partial charge in [0.1, 0.15) is 11.6 Å². The van der Waals surface area contributed by atoms with Crippen molar-refractivity contribution in [3.8, 4) is 0 Å². The lowest BCUT2D eigenvalue weighted by Gasteiger charge is -2.26. The molecule has 0 radical (unpaired) electrons. The van der Waals surface area contributed by atoms with Gasteiger partial charge in [0.2, 0.25) is 0 Å². The number of hydrogen-bond donors (Lipinski definition) is 1.